The number of aliphatic hydroxyl groups is 1. The molecule has 2 aromatic carbocycles. The smallest absolute Gasteiger partial charge is 0.546 e. The molecule has 2 rings (SSSR count). The van der Waals surface area contributed by atoms with Crippen LogP contribution < -0.4 is 44.1 Å². The van der Waals surface area contributed by atoms with Crippen molar-refractivity contribution in [1.82, 2.24) is 0 Å². The molecule has 0 aliphatic carbocycles. The third-order valence-corrected chi connectivity index (χ3v) is 4.40. The number of carboxylic acids is 1. The number of hydrogen-bond acceptors (Lipinski definition) is 9. The Balaban J connectivity index is 0.00000480. The Bertz CT molecular complexity index is 891. The van der Waals surface area contributed by atoms with Gasteiger partial charge in [-0.2, -0.15) is 0 Å². The first kappa shape index (κ1) is 26.6. The number of hydrogen-bond donors (Lipinski definition) is 4. The molecule has 2 aromatic rings. The summed E-state index contributed by atoms with van der Waals surface area (Å²) in [6.45, 7) is -0.233. The van der Waals surface area contributed by atoms with Gasteiger partial charge in [0.05, 0.1) is 13.1 Å². The van der Waals surface area contributed by atoms with Crippen molar-refractivity contribution >= 4 is 11.8 Å². The normalized spacial score (nSPS) is 11.3. The number of benzene rings is 2. The van der Waals surface area contributed by atoms with Crippen molar-refractivity contribution in [3.63, 3.8) is 0 Å². The maximum atomic E-state index is 12.5. The average Bonchev–Trinajstić information content (AvgIpc) is 2.69. The molecule has 1 unspecified atom stereocenters. The van der Waals surface area contributed by atoms with Crippen molar-refractivity contribution in [2.75, 3.05) is 13.7 Å². The molecule has 0 fully saturated rings. The minimum atomic E-state index is -1.51. The molecule has 4 N–H and O–H groups in total. The number of carboxylic acid groups (broad SMARTS) is 1. The molecule has 0 aromatic heterocycles. The predicted octanol–water partition coefficient (Wildman–Crippen LogP) is -2.10. The molecular formula is C21H23NaO9. The van der Waals surface area contributed by atoms with Crippen LogP contribution in [0.2, 0.25) is 0 Å². The van der Waals surface area contributed by atoms with Crippen LogP contribution in [-0.4, -0.2) is 52.0 Å². The molecule has 9 nitrogen and oxygen atoms in total. The monoisotopic (exact) mass is 442 g/mol. The van der Waals surface area contributed by atoms with Gasteiger partial charge in [-0.05, 0) is 37.0 Å². The first-order valence-electron chi connectivity index (χ1n) is 9.20. The predicted molar refractivity (Wildman–Crippen MR) is 103 cm³/mol. The van der Waals surface area contributed by atoms with Crippen molar-refractivity contribution < 1.29 is 74.2 Å². The van der Waals surface area contributed by atoms with Crippen molar-refractivity contribution in [2.24, 2.45) is 0 Å². The summed E-state index contributed by atoms with van der Waals surface area (Å²) in [4.78, 5) is 23.6. The van der Waals surface area contributed by atoms with E-state index in [2.05, 4.69) is 0 Å². The number of carbonyl (C=O) groups excluding carboxylic acids is 2. The van der Waals surface area contributed by atoms with Gasteiger partial charge in [0, 0.05) is 25.2 Å². The number of aliphatic hydroxyl groups excluding tert-OH is 1. The van der Waals surface area contributed by atoms with E-state index in [1.54, 1.807) is 12.1 Å². The number of aliphatic carboxylic acids is 1. The molecule has 31 heavy (non-hydrogen) atoms. The topological polar surface area (TPSA) is 157 Å². The van der Waals surface area contributed by atoms with Crippen LogP contribution >= 0.6 is 0 Å². The molecule has 0 amide bonds. The fourth-order valence-electron chi connectivity index (χ4n) is 2.88. The first-order valence-corrected chi connectivity index (χ1v) is 9.20. The maximum Gasteiger partial charge on any atom is 1.00 e. The van der Waals surface area contributed by atoms with Gasteiger partial charge in [-0.25, -0.2) is 0 Å². The quantitative estimate of drug-likeness (QED) is 0.226. The number of aryl methyl sites for hydroxylation is 1. The largest absolute Gasteiger partial charge is 1.00 e. The van der Waals surface area contributed by atoms with Crippen molar-refractivity contribution in [3.05, 3.63) is 41.5 Å². The molecule has 0 radical (unpaired) electrons. The van der Waals surface area contributed by atoms with Crippen LogP contribution in [0.25, 0.3) is 0 Å². The molecule has 0 spiro atoms. The van der Waals surface area contributed by atoms with E-state index < -0.39 is 29.4 Å². The minimum Gasteiger partial charge on any atom is -0.546 e. The zero-order chi connectivity index (χ0) is 22.3. The van der Waals surface area contributed by atoms with E-state index in [-0.39, 0.29) is 78.9 Å². The second-order valence-electron chi connectivity index (χ2n) is 6.56. The SMILES string of the molecule is COc1ccc(CCC(=O)c2c(O)cc(OC(CCCO)C(=O)[O-])cc2O)cc1O.[Na+]. The van der Waals surface area contributed by atoms with E-state index in [1.807, 2.05) is 0 Å². The molecule has 10 heteroatoms. The zero-order valence-corrected chi connectivity index (χ0v) is 19.3. The number of Topliss-reactive ketones (excluding diaryl/α,β-unsaturated/α-hetero) is 1. The second kappa shape index (κ2) is 12.4. The van der Waals surface area contributed by atoms with Gasteiger partial charge in [-0.15, -0.1) is 0 Å². The van der Waals surface area contributed by atoms with E-state index in [0.29, 0.717) is 11.3 Å². The van der Waals surface area contributed by atoms with Gasteiger partial charge in [0.2, 0.25) is 0 Å². The second-order valence-corrected chi connectivity index (χ2v) is 6.56. The Hall–Kier alpha value is -2.46. The number of carbonyl (C=O) groups is 2. The van der Waals surface area contributed by atoms with Crippen LogP contribution in [0.5, 0.6) is 28.7 Å². The average molecular weight is 442 g/mol. The molecule has 1 atom stereocenters. The number of ether oxygens (including phenoxy) is 2. The fraction of sp³-hybridized carbons (Fsp3) is 0.333. The van der Waals surface area contributed by atoms with Crippen LogP contribution in [0.4, 0.5) is 0 Å². The summed E-state index contributed by atoms with van der Waals surface area (Å²) < 4.78 is 10.1. The zero-order valence-electron chi connectivity index (χ0n) is 17.3. The molecule has 0 saturated carbocycles. The summed E-state index contributed by atoms with van der Waals surface area (Å²) in [7, 11) is 1.42. The van der Waals surface area contributed by atoms with E-state index in [9.17, 15) is 30.0 Å². The van der Waals surface area contributed by atoms with Gasteiger partial charge in [-0.3, -0.25) is 4.79 Å². The summed E-state index contributed by atoms with van der Waals surface area (Å²) in [6.07, 6.45) is -1.09. The Labute approximate surface area is 201 Å². The molecule has 0 aliphatic heterocycles. The molecular weight excluding hydrogens is 419 g/mol. The van der Waals surface area contributed by atoms with Crippen LogP contribution in [0, 0.1) is 0 Å². The summed E-state index contributed by atoms with van der Waals surface area (Å²) in [5.74, 6) is -3.12. The number of aromatic hydroxyl groups is 3. The molecule has 0 aliphatic rings. The van der Waals surface area contributed by atoms with Gasteiger partial charge < -0.3 is 39.8 Å². The summed E-state index contributed by atoms with van der Waals surface area (Å²) >= 11 is 0. The van der Waals surface area contributed by atoms with E-state index >= 15 is 0 Å². The van der Waals surface area contributed by atoms with Gasteiger partial charge in [0.25, 0.3) is 0 Å². The van der Waals surface area contributed by atoms with Gasteiger partial charge in [0.15, 0.2) is 17.3 Å². The third kappa shape index (κ3) is 7.32. The Kier molecular flexibility index (Phi) is 10.6. The number of methoxy groups -OCH3 is 1. The first-order chi connectivity index (χ1) is 14.3. The van der Waals surface area contributed by atoms with Gasteiger partial charge in [0.1, 0.15) is 28.9 Å². The van der Waals surface area contributed by atoms with Crippen LogP contribution in [0.3, 0.4) is 0 Å². The van der Waals surface area contributed by atoms with Crippen LogP contribution in [0.1, 0.15) is 35.2 Å². The summed E-state index contributed by atoms with van der Waals surface area (Å²) in [5.41, 5.74) is 0.335. The van der Waals surface area contributed by atoms with Crippen molar-refractivity contribution in [3.8, 4) is 28.7 Å². The standard InChI is InChI=1S/C21H24O9.Na/c1-29-18-7-5-12(9-15(18)24)4-6-14(23)20-16(25)10-13(11-17(20)26)30-19(21(27)28)3-2-8-22;/h5,7,9-11,19,22,24-26H,2-4,6,8H2,1H3,(H,27,28);/q;+1/p-1. The van der Waals surface area contributed by atoms with E-state index in [4.69, 9.17) is 14.6 Å². The van der Waals surface area contributed by atoms with Crippen LogP contribution in [0.15, 0.2) is 30.3 Å². The van der Waals surface area contributed by atoms with E-state index in [0.717, 1.165) is 12.1 Å². The minimum absolute atomic E-state index is 0. The molecule has 0 heterocycles. The van der Waals surface area contributed by atoms with E-state index in [1.165, 1.54) is 13.2 Å². The third-order valence-electron chi connectivity index (χ3n) is 4.40. The molecule has 162 valence electrons. The Morgan fingerprint density at radius 1 is 1.06 bits per heavy atom. The van der Waals surface area contributed by atoms with Crippen molar-refractivity contribution in [1.29, 1.82) is 0 Å². The van der Waals surface area contributed by atoms with Crippen molar-refractivity contribution in [2.45, 2.75) is 31.8 Å². The Morgan fingerprint density at radius 3 is 2.23 bits per heavy atom. The van der Waals surface area contributed by atoms with Crippen LogP contribution in [-0.2, 0) is 11.2 Å². The fourth-order valence-corrected chi connectivity index (χ4v) is 2.88. The maximum absolute atomic E-state index is 12.5. The number of ketones is 1. The molecule has 0 bridgehead atoms. The number of phenolic OH excluding ortho intramolecular Hbond substituents is 3. The number of rotatable bonds is 11. The van der Waals surface area contributed by atoms with Gasteiger partial charge in [-0.1, -0.05) is 6.07 Å². The summed E-state index contributed by atoms with van der Waals surface area (Å²) in [6, 6.07) is 6.74. The van der Waals surface area contributed by atoms with Gasteiger partial charge >= 0.3 is 29.6 Å². The summed E-state index contributed by atoms with van der Waals surface area (Å²) in [5, 5.41) is 50.0. The number of phenols is 3. The Morgan fingerprint density at radius 2 is 1.71 bits per heavy atom. The molecule has 0 saturated heterocycles.